The summed E-state index contributed by atoms with van der Waals surface area (Å²) in [5.41, 5.74) is 1.19. The van der Waals surface area contributed by atoms with Crippen LogP contribution in [-0.2, 0) is 6.54 Å². The summed E-state index contributed by atoms with van der Waals surface area (Å²) in [5.74, 6) is 0. The molecule has 2 rings (SSSR count). The van der Waals surface area contributed by atoms with Crippen LogP contribution in [0.15, 0.2) is 30.3 Å². The lowest BCUT2D eigenvalue weighted by Crippen LogP contribution is -2.57. The molecule has 2 amide bonds. The highest BCUT2D eigenvalue weighted by molar-refractivity contribution is 7.80. The van der Waals surface area contributed by atoms with E-state index in [1.54, 1.807) is 19.0 Å². The molecule has 90 valence electrons. The second-order valence-corrected chi connectivity index (χ2v) is 4.51. The van der Waals surface area contributed by atoms with Crippen molar-refractivity contribution < 1.29 is 4.79 Å². The SMILES string of the molecule is CN1CN(Cc2ccccc2)C(=S)N(C)C1=O. The molecule has 0 saturated carbocycles. The summed E-state index contributed by atoms with van der Waals surface area (Å²) in [6.07, 6.45) is 0. The number of carbonyl (C=O) groups is 1. The molecular weight excluding hydrogens is 234 g/mol. The van der Waals surface area contributed by atoms with Crippen LogP contribution in [0.4, 0.5) is 4.79 Å². The van der Waals surface area contributed by atoms with E-state index in [1.165, 1.54) is 10.5 Å². The standard InChI is InChI=1S/C12H15N3OS/c1-13-9-15(12(17)14(2)11(13)16)8-10-6-4-3-5-7-10/h3-7H,8-9H2,1-2H3. The Bertz CT molecular complexity index is 435. The molecule has 0 unspecified atom stereocenters. The third kappa shape index (κ3) is 2.39. The average molecular weight is 249 g/mol. The number of urea groups is 1. The molecule has 1 aliphatic heterocycles. The lowest BCUT2D eigenvalue weighted by molar-refractivity contribution is 0.142. The zero-order chi connectivity index (χ0) is 12.4. The van der Waals surface area contributed by atoms with Gasteiger partial charge in [0.25, 0.3) is 0 Å². The van der Waals surface area contributed by atoms with Crippen molar-refractivity contribution in [1.82, 2.24) is 14.7 Å². The molecule has 4 nitrogen and oxygen atoms in total. The van der Waals surface area contributed by atoms with Crippen molar-refractivity contribution in [1.29, 1.82) is 0 Å². The molecule has 0 atom stereocenters. The zero-order valence-corrected chi connectivity index (χ0v) is 10.8. The van der Waals surface area contributed by atoms with Crippen LogP contribution >= 0.6 is 12.2 Å². The van der Waals surface area contributed by atoms with Gasteiger partial charge in [0.15, 0.2) is 5.11 Å². The van der Waals surface area contributed by atoms with E-state index in [0.29, 0.717) is 11.8 Å². The Kier molecular flexibility index (Phi) is 3.28. The summed E-state index contributed by atoms with van der Waals surface area (Å²) in [5, 5.41) is 0.581. The van der Waals surface area contributed by atoms with E-state index in [1.807, 2.05) is 23.1 Å². The van der Waals surface area contributed by atoms with E-state index in [-0.39, 0.29) is 6.03 Å². The molecular formula is C12H15N3OS. The van der Waals surface area contributed by atoms with Crippen molar-refractivity contribution in [2.75, 3.05) is 20.8 Å². The van der Waals surface area contributed by atoms with E-state index in [2.05, 4.69) is 12.1 Å². The van der Waals surface area contributed by atoms with Crippen molar-refractivity contribution in [2.24, 2.45) is 0 Å². The fourth-order valence-electron chi connectivity index (χ4n) is 1.85. The second kappa shape index (κ2) is 4.71. The van der Waals surface area contributed by atoms with Gasteiger partial charge in [-0.1, -0.05) is 30.3 Å². The Morgan fingerprint density at radius 1 is 1.24 bits per heavy atom. The van der Waals surface area contributed by atoms with Gasteiger partial charge in [-0.05, 0) is 17.8 Å². The zero-order valence-electron chi connectivity index (χ0n) is 9.96. The van der Waals surface area contributed by atoms with Crippen molar-refractivity contribution >= 4 is 23.4 Å². The topological polar surface area (TPSA) is 26.8 Å². The molecule has 0 spiro atoms. The molecule has 0 radical (unpaired) electrons. The lowest BCUT2D eigenvalue weighted by atomic mass is 10.2. The molecule has 1 aromatic carbocycles. The van der Waals surface area contributed by atoms with Crippen LogP contribution in [0.25, 0.3) is 0 Å². The number of amides is 2. The third-order valence-corrected chi connectivity index (χ3v) is 3.30. The minimum absolute atomic E-state index is 0.0562. The molecule has 17 heavy (non-hydrogen) atoms. The quantitative estimate of drug-likeness (QED) is 0.747. The van der Waals surface area contributed by atoms with Crippen LogP contribution in [-0.4, -0.2) is 46.6 Å². The third-order valence-electron chi connectivity index (χ3n) is 2.77. The van der Waals surface area contributed by atoms with Crippen LogP contribution in [0.5, 0.6) is 0 Å². The van der Waals surface area contributed by atoms with Gasteiger partial charge in [0.1, 0.15) is 0 Å². The summed E-state index contributed by atoms with van der Waals surface area (Å²) in [4.78, 5) is 16.8. The number of nitrogens with zero attached hydrogens (tertiary/aromatic N) is 3. The van der Waals surface area contributed by atoms with Crippen LogP contribution in [0.2, 0.25) is 0 Å². The van der Waals surface area contributed by atoms with Gasteiger partial charge in [-0.3, -0.25) is 4.90 Å². The summed E-state index contributed by atoms with van der Waals surface area (Å²) < 4.78 is 0. The molecule has 5 heteroatoms. The predicted octanol–water partition coefficient (Wildman–Crippen LogP) is 1.73. The smallest absolute Gasteiger partial charge is 0.327 e. The first-order valence-corrected chi connectivity index (χ1v) is 5.82. The number of rotatable bonds is 2. The average Bonchev–Trinajstić information content (AvgIpc) is 2.35. The molecule has 0 aromatic heterocycles. The van der Waals surface area contributed by atoms with Gasteiger partial charge in [0.2, 0.25) is 0 Å². The Morgan fingerprint density at radius 3 is 2.53 bits per heavy atom. The summed E-state index contributed by atoms with van der Waals surface area (Å²) in [7, 11) is 3.48. The molecule has 1 fully saturated rings. The van der Waals surface area contributed by atoms with Crippen LogP contribution in [0, 0.1) is 0 Å². The van der Waals surface area contributed by atoms with Gasteiger partial charge in [0.05, 0.1) is 6.67 Å². The maximum Gasteiger partial charge on any atom is 0.327 e. The van der Waals surface area contributed by atoms with Crippen molar-refractivity contribution in [3.63, 3.8) is 0 Å². The van der Waals surface area contributed by atoms with Gasteiger partial charge in [-0.25, -0.2) is 4.79 Å². The maximum atomic E-state index is 11.7. The summed E-state index contributed by atoms with van der Waals surface area (Å²) >= 11 is 5.28. The molecule has 1 aliphatic rings. The van der Waals surface area contributed by atoms with Crippen LogP contribution in [0.3, 0.4) is 0 Å². The van der Waals surface area contributed by atoms with Crippen molar-refractivity contribution in [2.45, 2.75) is 6.54 Å². The van der Waals surface area contributed by atoms with Crippen LogP contribution < -0.4 is 0 Å². The van der Waals surface area contributed by atoms with Gasteiger partial charge >= 0.3 is 6.03 Å². The summed E-state index contributed by atoms with van der Waals surface area (Å²) in [6, 6.07) is 10.0. The number of carbonyl (C=O) groups excluding carboxylic acids is 1. The number of hydrogen-bond donors (Lipinski definition) is 0. The normalized spacial score (nSPS) is 16.7. The number of hydrogen-bond acceptors (Lipinski definition) is 2. The van der Waals surface area contributed by atoms with Gasteiger partial charge in [-0.2, -0.15) is 0 Å². The molecule has 1 saturated heterocycles. The first-order chi connectivity index (χ1) is 8.09. The van der Waals surface area contributed by atoms with Gasteiger partial charge in [0, 0.05) is 20.6 Å². The van der Waals surface area contributed by atoms with Gasteiger partial charge in [-0.15, -0.1) is 0 Å². The Morgan fingerprint density at radius 2 is 1.88 bits per heavy atom. The highest BCUT2D eigenvalue weighted by Crippen LogP contribution is 2.13. The monoisotopic (exact) mass is 249 g/mol. The minimum Gasteiger partial charge on any atom is -0.327 e. The molecule has 1 aromatic rings. The van der Waals surface area contributed by atoms with Crippen molar-refractivity contribution in [3.8, 4) is 0 Å². The van der Waals surface area contributed by atoms with Crippen LogP contribution in [0.1, 0.15) is 5.56 Å². The fraction of sp³-hybridized carbons (Fsp3) is 0.333. The van der Waals surface area contributed by atoms with E-state index < -0.39 is 0 Å². The molecule has 0 bridgehead atoms. The lowest BCUT2D eigenvalue weighted by Gasteiger charge is -2.40. The highest BCUT2D eigenvalue weighted by atomic mass is 32.1. The molecule has 1 heterocycles. The first kappa shape index (κ1) is 11.9. The first-order valence-electron chi connectivity index (χ1n) is 5.41. The van der Waals surface area contributed by atoms with E-state index in [9.17, 15) is 4.79 Å². The number of thiocarbonyl (C=S) groups is 1. The predicted molar refractivity (Wildman–Crippen MR) is 70.4 cm³/mol. The van der Waals surface area contributed by atoms with Crippen molar-refractivity contribution in [3.05, 3.63) is 35.9 Å². The largest absolute Gasteiger partial charge is 0.327 e. The minimum atomic E-state index is -0.0562. The Hall–Kier alpha value is -1.62. The highest BCUT2D eigenvalue weighted by Gasteiger charge is 2.29. The molecule has 0 aliphatic carbocycles. The van der Waals surface area contributed by atoms with E-state index in [0.717, 1.165) is 6.54 Å². The van der Waals surface area contributed by atoms with E-state index >= 15 is 0 Å². The Balaban J connectivity index is 2.12. The maximum absolute atomic E-state index is 11.7. The Labute approximate surface area is 106 Å². The fourth-order valence-corrected chi connectivity index (χ4v) is 2.05. The summed E-state index contributed by atoms with van der Waals surface area (Å²) in [6.45, 7) is 1.26. The molecule has 0 N–H and O–H groups in total. The van der Waals surface area contributed by atoms with Gasteiger partial charge < -0.3 is 9.80 Å². The second-order valence-electron chi connectivity index (χ2n) is 4.15. The number of benzene rings is 1. The van der Waals surface area contributed by atoms with E-state index in [4.69, 9.17) is 12.2 Å².